The van der Waals surface area contributed by atoms with E-state index >= 15 is 0 Å². The van der Waals surface area contributed by atoms with E-state index in [-0.39, 0.29) is 11.8 Å². The molecule has 2 radical (unpaired) electrons. The molecule has 37 heavy (non-hydrogen) atoms. The molecule has 1 fully saturated rings. The first-order valence-electron chi connectivity index (χ1n) is 13.7. The zero-order valence-electron chi connectivity index (χ0n) is 24.4. The highest BCUT2D eigenvalue weighted by Crippen LogP contribution is 2.34. The molecule has 1 unspecified atom stereocenters. The summed E-state index contributed by atoms with van der Waals surface area (Å²) in [5, 5.41) is 4.40. The number of anilines is 1. The zero-order valence-corrected chi connectivity index (χ0v) is 24.4. The normalized spacial score (nSPS) is 15.7. The van der Waals surface area contributed by atoms with Crippen molar-refractivity contribution in [3.63, 3.8) is 0 Å². The second-order valence-electron chi connectivity index (χ2n) is 10.7. The van der Waals surface area contributed by atoms with E-state index in [1.807, 2.05) is 64.5 Å². The van der Waals surface area contributed by atoms with Crippen molar-refractivity contribution in [3.8, 4) is 0 Å². The largest absolute Gasteiger partial charge is 0.368 e. The lowest BCUT2D eigenvalue weighted by molar-refractivity contribution is 0.244. The molecule has 1 aliphatic carbocycles. The van der Waals surface area contributed by atoms with Gasteiger partial charge >= 0.3 is 0 Å². The average molecular weight is 500 g/mol. The van der Waals surface area contributed by atoms with Crippen LogP contribution in [0.25, 0.3) is 16.7 Å². The van der Waals surface area contributed by atoms with E-state index in [0.29, 0.717) is 11.8 Å². The van der Waals surface area contributed by atoms with Gasteiger partial charge in [0.15, 0.2) is 0 Å². The standard InChI is InChI=1S/C21H24BN5.C8H16.C2H6/c1-6-16(20-14(5)25-21(23)26-18(20)9-13(4)22)15-7-8-27-19(10-15)17(11-24-27)12(2)3;1-8(2)6-4-3-5-7-8;1-2/h6-8,10-11,13H,2,9H2,1,3-5H3,(H2,23,25,26);3-7H2,1-2H3;1-2H3/b16-6-;;. The minimum atomic E-state index is -0.0251. The number of hydrogen-bond acceptors (Lipinski definition) is 4. The summed E-state index contributed by atoms with van der Waals surface area (Å²) in [4.78, 5) is 8.87. The number of aryl methyl sites for hydroxylation is 1. The van der Waals surface area contributed by atoms with Crippen LogP contribution >= 0.6 is 0 Å². The van der Waals surface area contributed by atoms with Gasteiger partial charge < -0.3 is 5.73 Å². The Labute approximate surface area is 226 Å². The lowest BCUT2D eigenvalue weighted by atomic mass is 9.78. The smallest absolute Gasteiger partial charge is 0.220 e. The Morgan fingerprint density at radius 1 is 1.22 bits per heavy atom. The molecule has 3 heterocycles. The molecule has 0 aliphatic heterocycles. The lowest BCUT2D eigenvalue weighted by Gasteiger charge is -2.28. The molecule has 0 spiro atoms. The van der Waals surface area contributed by atoms with Crippen molar-refractivity contribution >= 4 is 30.5 Å². The number of nitrogens with zero attached hydrogens (tertiary/aromatic N) is 4. The second kappa shape index (κ2) is 13.6. The minimum Gasteiger partial charge on any atom is -0.368 e. The van der Waals surface area contributed by atoms with Crippen LogP contribution in [0, 0.1) is 12.3 Å². The molecule has 6 heteroatoms. The fourth-order valence-corrected chi connectivity index (χ4v) is 4.90. The number of hydrogen-bond donors (Lipinski definition) is 1. The molecule has 0 amide bonds. The number of nitrogens with two attached hydrogens (primary N) is 1. The first-order valence-corrected chi connectivity index (χ1v) is 13.7. The van der Waals surface area contributed by atoms with Crippen molar-refractivity contribution < 1.29 is 0 Å². The topological polar surface area (TPSA) is 69.1 Å². The summed E-state index contributed by atoms with van der Waals surface area (Å²) in [6.45, 7) is 20.7. The molecule has 0 aromatic carbocycles. The molecule has 1 atom stereocenters. The quantitative estimate of drug-likeness (QED) is 0.361. The SMILES string of the molecule is CC.CC1(C)CCCCC1.[B]C(C)Cc1nc(N)nc(C)c1/C(=C\C)c1ccn2ncc(C(=C)C)c2c1. The molecule has 2 N–H and O–H groups in total. The minimum absolute atomic E-state index is 0.0251. The zero-order chi connectivity index (χ0) is 27.8. The summed E-state index contributed by atoms with van der Waals surface area (Å²) in [6, 6.07) is 4.17. The number of rotatable bonds is 5. The predicted octanol–water partition coefficient (Wildman–Crippen LogP) is 8.02. The Balaban J connectivity index is 0.000000406. The third kappa shape index (κ3) is 8.05. The maximum Gasteiger partial charge on any atom is 0.220 e. The second-order valence-corrected chi connectivity index (χ2v) is 10.7. The first kappa shape index (κ1) is 30.3. The van der Waals surface area contributed by atoms with E-state index in [0.717, 1.165) is 44.7 Å². The molecule has 198 valence electrons. The van der Waals surface area contributed by atoms with Crippen LogP contribution in [0.4, 0.5) is 5.95 Å². The number of nitrogen functional groups attached to an aromatic ring is 1. The Hall–Kier alpha value is -2.89. The fraction of sp³-hybridized carbons (Fsp3) is 0.516. The Morgan fingerprint density at radius 2 is 1.86 bits per heavy atom. The summed E-state index contributed by atoms with van der Waals surface area (Å²) < 4.78 is 1.86. The van der Waals surface area contributed by atoms with E-state index in [1.54, 1.807) is 0 Å². The van der Waals surface area contributed by atoms with Crippen molar-refractivity contribution in [2.45, 2.75) is 99.7 Å². The monoisotopic (exact) mass is 499 g/mol. The van der Waals surface area contributed by atoms with Crippen molar-refractivity contribution in [3.05, 3.63) is 65.3 Å². The van der Waals surface area contributed by atoms with Crippen LogP contribution in [0.3, 0.4) is 0 Å². The van der Waals surface area contributed by atoms with E-state index in [1.165, 1.54) is 32.1 Å². The number of allylic oxidation sites excluding steroid dienone is 2. The van der Waals surface area contributed by atoms with Gasteiger partial charge in [0.2, 0.25) is 5.95 Å². The van der Waals surface area contributed by atoms with Crippen LogP contribution in [0.2, 0.25) is 5.82 Å². The number of aromatic nitrogens is 4. The van der Waals surface area contributed by atoms with Crippen LogP contribution in [-0.4, -0.2) is 27.4 Å². The molecular weight excluding hydrogens is 453 g/mol. The van der Waals surface area contributed by atoms with Crippen LogP contribution in [0.5, 0.6) is 0 Å². The van der Waals surface area contributed by atoms with Gasteiger partial charge in [0.05, 0.1) is 30.9 Å². The van der Waals surface area contributed by atoms with Crippen LogP contribution < -0.4 is 5.73 Å². The molecular formula is C31H46BN5. The highest BCUT2D eigenvalue weighted by atomic mass is 15.2. The molecule has 0 bridgehead atoms. The van der Waals surface area contributed by atoms with Gasteiger partial charge in [-0.2, -0.15) is 5.10 Å². The van der Waals surface area contributed by atoms with Gasteiger partial charge in [-0.1, -0.05) is 72.4 Å². The van der Waals surface area contributed by atoms with E-state index in [2.05, 4.69) is 47.6 Å². The molecule has 1 saturated carbocycles. The highest BCUT2D eigenvalue weighted by Gasteiger charge is 2.20. The van der Waals surface area contributed by atoms with Gasteiger partial charge in [0.25, 0.3) is 0 Å². The number of fused-ring (bicyclic) bond motifs is 1. The van der Waals surface area contributed by atoms with Crippen LogP contribution in [-0.2, 0) is 6.42 Å². The maximum atomic E-state index is 6.05. The molecule has 1 aliphatic rings. The van der Waals surface area contributed by atoms with Gasteiger partial charge in [-0.15, -0.1) is 0 Å². The lowest BCUT2D eigenvalue weighted by Crippen LogP contribution is -2.14. The predicted molar refractivity (Wildman–Crippen MR) is 161 cm³/mol. The van der Waals surface area contributed by atoms with Crippen molar-refractivity contribution in [2.24, 2.45) is 5.41 Å². The van der Waals surface area contributed by atoms with Crippen molar-refractivity contribution in [1.29, 1.82) is 0 Å². The van der Waals surface area contributed by atoms with Gasteiger partial charge in [0.1, 0.15) is 0 Å². The van der Waals surface area contributed by atoms with Gasteiger partial charge in [0, 0.05) is 17.3 Å². The Bertz CT molecular complexity index is 1210. The summed E-state index contributed by atoms with van der Waals surface area (Å²) in [5.41, 5.74) is 14.4. The van der Waals surface area contributed by atoms with Crippen molar-refractivity contribution in [2.75, 3.05) is 5.73 Å². The van der Waals surface area contributed by atoms with Crippen LogP contribution in [0.15, 0.2) is 37.2 Å². The van der Waals surface area contributed by atoms with Gasteiger partial charge in [-0.25, -0.2) is 14.5 Å². The fourth-order valence-electron chi connectivity index (χ4n) is 4.90. The maximum absolute atomic E-state index is 6.05. The summed E-state index contributed by atoms with van der Waals surface area (Å²) in [7, 11) is 6.05. The molecule has 3 aromatic rings. The summed E-state index contributed by atoms with van der Waals surface area (Å²) >= 11 is 0. The highest BCUT2D eigenvalue weighted by molar-refractivity contribution is 6.11. The average Bonchev–Trinajstić information content (AvgIpc) is 3.26. The van der Waals surface area contributed by atoms with Gasteiger partial charge in [-0.05, 0) is 74.3 Å². The Morgan fingerprint density at radius 3 is 2.38 bits per heavy atom. The molecule has 4 rings (SSSR count). The van der Waals surface area contributed by atoms with Gasteiger partial charge in [-0.3, -0.25) is 0 Å². The molecule has 3 aromatic heterocycles. The first-order chi connectivity index (χ1) is 17.5. The molecule has 5 nitrogen and oxygen atoms in total. The molecule has 0 saturated heterocycles. The van der Waals surface area contributed by atoms with E-state index < -0.39 is 0 Å². The third-order valence-electron chi connectivity index (χ3n) is 6.75. The summed E-state index contributed by atoms with van der Waals surface area (Å²) in [6.07, 6.45) is 13.8. The number of pyridine rings is 1. The summed E-state index contributed by atoms with van der Waals surface area (Å²) in [5.74, 6) is 0.251. The third-order valence-corrected chi connectivity index (χ3v) is 6.75. The van der Waals surface area contributed by atoms with Crippen LogP contribution in [0.1, 0.15) is 109 Å². The van der Waals surface area contributed by atoms with Crippen molar-refractivity contribution in [1.82, 2.24) is 19.6 Å². The van der Waals surface area contributed by atoms with E-state index in [4.69, 9.17) is 13.6 Å². The van der Waals surface area contributed by atoms with E-state index in [9.17, 15) is 0 Å². The Kier molecular flexibility index (Phi) is 11.2.